The zero-order valence-corrected chi connectivity index (χ0v) is 8.63. The molecule has 0 saturated carbocycles. The summed E-state index contributed by atoms with van der Waals surface area (Å²) in [6.07, 6.45) is 4.69. The van der Waals surface area contributed by atoms with Crippen LogP contribution in [0.25, 0.3) is 11.3 Å². The molecular formula is C12H11NS. The molecule has 0 bridgehead atoms. The molecule has 0 radical (unpaired) electrons. The Balaban J connectivity index is 2.29. The normalized spacial score (nSPS) is 10.0. The van der Waals surface area contributed by atoms with E-state index < -0.39 is 0 Å². The van der Waals surface area contributed by atoms with Crippen LogP contribution in [0.3, 0.4) is 0 Å². The molecule has 0 aliphatic carbocycles. The summed E-state index contributed by atoms with van der Waals surface area (Å²) in [5.74, 6) is 0. The van der Waals surface area contributed by atoms with E-state index in [1.807, 2.05) is 30.5 Å². The lowest BCUT2D eigenvalue weighted by molar-refractivity contribution is 1.32. The van der Waals surface area contributed by atoms with Gasteiger partial charge < -0.3 is 0 Å². The SMILES string of the molecule is C=CCc1cc(-c2ccccn2)cs1. The minimum Gasteiger partial charge on any atom is -0.256 e. The van der Waals surface area contributed by atoms with Crippen LogP contribution in [0.1, 0.15) is 4.88 Å². The Labute approximate surface area is 87.8 Å². The third-order valence-electron chi connectivity index (χ3n) is 1.96. The van der Waals surface area contributed by atoms with Crippen molar-refractivity contribution in [1.82, 2.24) is 4.98 Å². The topological polar surface area (TPSA) is 12.9 Å². The largest absolute Gasteiger partial charge is 0.256 e. The van der Waals surface area contributed by atoms with E-state index in [2.05, 4.69) is 23.0 Å². The molecule has 0 atom stereocenters. The summed E-state index contributed by atoms with van der Waals surface area (Å²) in [6, 6.07) is 8.14. The molecule has 0 aromatic carbocycles. The maximum absolute atomic E-state index is 4.30. The smallest absolute Gasteiger partial charge is 0.0710 e. The molecular weight excluding hydrogens is 190 g/mol. The molecule has 2 aromatic heterocycles. The van der Waals surface area contributed by atoms with E-state index in [1.54, 1.807) is 11.3 Å². The molecule has 2 rings (SSSR count). The molecule has 0 saturated heterocycles. The molecule has 0 aliphatic rings. The number of pyridine rings is 1. The average molecular weight is 201 g/mol. The fourth-order valence-electron chi connectivity index (χ4n) is 1.30. The van der Waals surface area contributed by atoms with Crippen molar-refractivity contribution in [3.05, 3.63) is 53.4 Å². The number of nitrogens with zero attached hydrogens (tertiary/aromatic N) is 1. The lowest BCUT2D eigenvalue weighted by atomic mass is 10.2. The Kier molecular flexibility index (Phi) is 2.75. The molecule has 0 aliphatic heterocycles. The van der Waals surface area contributed by atoms with Gasteiger partial charge in [-0.3, -0.25) is 4.98 Å². The average Bonchev–Trinajstić information content (AvgIpc) is 2.68. The number of thiophene rings is 1. The molecule has 2 aromatic rings. The molecule has 0 amide bonds. The van der Waals surface area contributed by atoms with Gasteiger partial charge in [-0.05, 0) is 24.6 Å². The Hall–Kier alpha value is -1.41. The van der Waals surface area contributed by atoms with Gasteiger partial charge in [-0.25, -0.2) is 0 Å². The first-order valence-electron chi connectivity index (χ1n) is 4.50. The summed E-state index contributed by atoms with van der Waals surface area (Å²) >= 11 is 1.76. The van der Waals surface area contributed by atoms with Crippen molar-refractivity contribution < 1.29 is 0 Å². The maximum atomic E-state index is 4.30. The monoisotopic (exact) mass is 201 g/mol. The van der Waals surface area contributed by atoms with Gasteiger partial charge in [0.25, 0.3) is 0 Å². The molecule has 14 heavy (non-hydrogen) atoms. The van der Waals surface area contributed by atoms with Crippen LogP contribution >= 0.6 is 11.3 Å². The van der Waals surface area contributed by atoms with Gasteiger partial charge in [0.1, 0.15) is 0 Å². The first kappa shape index (κ1) is 9.16. The van der Waals surface area contributed by atoms with Crippen LogP contribution in [0.5, 0.6) is 0 Å². The van der Waals surface area contributed by atoms with Crippen molar-refractivity contribution in [1.29, 1.82) is 0 Å². The third-order valence-corrected chi connectivity index (χ3v) is 2.92. The minimum atomic E-state index is 0.942. The lowest BCUT2D eigenvalue weighted by Crippen LogP contribution is -1.77. The van der Waals surface area contributed by atoms with Gasteiger partial charge >= 0.3 is 0 Å². The molecule has 1 nitrogen and oxygen atoms in total. The maximum Gasteiger partial charge on any atom is 0.0710 e. The van der Waals surface area contributed by atoms with Gasteiger partial charge in [-0.15, -0.1) is 17.9 Å². The summed E-state index contributed by atoms with van der Waals surface area (Å²) < 4.78 is 0. The molecule has 0 fully saturated rings. The summed E-state index contributed by atoms with van der Waals surface area (Å²) in [6.45, 7) is 3.73. The number of hydrogen-bond acceptors (Lipinski definition) is 2. The van der Waals surface area contributed by atoms with Gasteiger partial charge in [0, 0.05) is 22.0 Å². The predicted molar refractivity (Wildman–Crippen MR) is 61.5 cm³/mol. The Bertz CT molecular complexity index is 417. The van der Waals surface area contributed by atoms with E-state index in [-0.39, 0.29) is 0 Å². The standard InChI is InChI=1S/C12H11NS/c1-2-5-11-8-10(9-14-11)12-6-3-4-7-13-12/h2-4,6-9H,1,5H2. The highest BCUT2D eigenvalue weighted by molar-refractivity contribution is 7.10. The molecule has 0 unspecified atom stereocenters. The van der Waals surface area contributed by atoms with E-state index in [0.29, 0.717) is 0 Å². The first-order valence-corrected chi connectivity index (χ1v) is 5.38. The number of allylic oxidation sites excluding steroid dienone is 1. The van der Waals surface area contributed by atoms with Crippen LogP contribution in [0.15, 0.2) is 48.5 Å². The molecule has 2 heteroatoms. The second-order valence-electron chi connectivity index (χ2n) is 3.01. The molecule has 70 valence electrons. The van der Waals surface area contributed by atoms with Crippen molar-refractivity contribution in [2.45, 2.75) is 6.42 Å². The molecule has 0 spiro atoms. The quantitative estimate of drug-likeness (QED) is 0.692. The van der Waals surface area contributed by atoms with Crippen molar-refractivity contribution in [2.75, 3.05) is 0 Å². The summed E-state index contributed by atoms with van der Waals surface area (Å²) in [5, 5.41) is 2.14. The Morgan fingerprint density at radius 2 is 2.36 bits per heavy atom. The summed E-state index contributed by atoms with van der Waals surface area (Å²) in [5.41, 5.74) is 2.24. The van der Waals surface area contributed by atoms with Crippen LogP contribution in [0.4, 0.5) is 0 Å². The van der Waals surface area contributed by atoms with Crippen LogP contribution in [0, 0.1) is 0 Å². The van der Waals surface area contributed by atoms with Gasteiger partial charge in [-0.2, -0.15) is 0 Å². The Morgan fingerprint density at radius 3 is 3.07 bits per heavy atom. The van der Waals surface area contributed by atoms with Crippen LogP contribution < -0.4 is 0 Å². The zero-order valence-electron chi connectivity index (χ0n) is 7.81. The van der Waals surface area contributed by atoms with Gasteiger partial charge in [-0.1, -0.05) is 12.1 Å². The highest BCUT2D eigenvalue weighted by Crippen LogP contribution is 2.24. The Morgan fingerprint density at radius 1 is 1.43 bits per heavy atom. The highest BCUT2D eigenvalue weighted by atomic mass is 32.1. The van der Waals surface area contributed by atoms with Gasteiger partial charge in [0.05, 0.1) is 5.69 Å². The number of hydrogen-bond donors (Lipinski definition) is 0. The minimum absolute atomic E-state index is 0.942. The summed E-state index contributed by atoms with van der Waals surface area (Å²) in [7, 11) is 0. The van der Waals surface area contributed by atoms with Crippen LogP contribution in [0.2, 0.25) is 0 Å². The number of rotatable bonds is 3. The van der Waals surface area contributed by atoms with Crippen molar-refractivity contribution in [3.8, 4) is 11.3 Å². The second-order valence-corrected chi connectivity index (χ2v) is 4.01. The van der Waals surface area contributed by atoms with E-state index in [4.69, 9.17) is 0 Å². The molecule has 2 heterocycles. The zero-order chi connectivity index (χ0) is 9.80. The van der Waals surface area contributed by atoms with Crippen molar-refractivity contribution >= 4 is 11.3 Å². The summed E-state index contributed by atoms with van der Waals surface area (Å²) in [4.78, 5) is 5.64. The fraction of sp³-hybridized carbons (Fsp3) is 0.0833. The highest BCUT2D eigenvalue weighted by Gasteiger charge is 2.01. The van der Waals surface area contributed by atoms with Crippen molar-refractivity contribution in [3.63, 3.8) is 0 Å². The van der Waals surface area contributed by atoms with E-state index in [9.17, 15) is 0 Å². The number of aromatic nitrogens is 1. The van der Waals surface area contributed by atoms with E-state index >= 15 is 0 Å². The third kappa shape index (κ3) is 1.91. The predicted octanol–water partition coefficient (Wildman–Crippen LogP) is 3.54. The molecule has 0 N–H and O–H groups in total. The van der Waals surface area contributed by atoms with Crippen LogP contribution in [-0.4, -0.2) is 4.98 Å². The van der Waals surface area contributed by atoms with Crippen molar-refractivity contribution in [2.24, 2.45) is 0 Å². The second kappa shape index (κ2) is 4.20. The first-order chi connectivity index (χ1) is 6.90. The van der Waals surface area contributed by atoms with Gasteiger partial charge in [0.2, 0.25) is 0 Å². The van der Waals surface area contributed by atoms with E-state index in [0.717, 1.165) is 12.1 Å². The lowest BCUT2D eigenvalue weighted by Gasteiger charge is -1.93. The van der Waals surface area contributed by atoms with Gasteiger partial charge in [0.15, 0.2) is 0 Å². The fourth-order valence-corrected chi connectivity index (χ4v) is 2.17. The van der Waals surface area contributed by atoms with E-state index in [1.165, 1.54) is 10.4 Å². The van der Waals surface area contributed by atoms with Crippen LogP contribution in [-0.2, 0) is 6.42 Å².